The first-order chi connectivity index (χ1) is 47.0. The van der Waals surface area contributed by atoms with E-state index in [0.29, 0.717) is 220 Å². The Morgan fingerprint density at radius 3 is 0.663 bits per heavy atom. The Morgan fingerprint density at radius 1 is 0.316 bits per heavy atom. The van der Waals surface area contributed by atoms with E-state index < -0.39 is 0 Å². The number of nitrogens with two attached hydrogens (primary N) is 3. The zero-order valence-corrected chi connectivity index (χ0v) is 53.3. The molecular weight excluding hydrogens is 1250 g/mol. The lowest BCUT2D eigenvalue weighted by atomic mass is 10.2. The quantitative estimate of drug-likeness (QED) is 0.00396. The summed E-state index contributed by atoms with van der Waals surface area (Å²) in [5.74, 6) is 7.75. The van der Waals surface area contributed by atoms with E-state index in [1.54, 1.807) is 164 Å². The molecule has 0 heterocycles. The molecular formula is C73H79BN9O15. The van der Waals surface area contributed by atoms with Crippen molar-refractivity contribution in [3.05, 3.63) is 227 Å². The monoisotopic (exact) mass is 1330 g/mol. The number of rotatable bonds is 39. The Kier molecular flexibility index (Phi) is 34.0. The number of oxime groups is 3. The van der Waals surface area contributed by atoms with Crippen LogP contribution in [0.3, 0.4) is 0 Å². The molecule has 0 aromatic heterocycles. The topological polar surface area (TPSA) is 319 Å². The molecule has 0 fully saturated rings. The van der Waals surface area contributed by atoms with Crippen LogP contribution in [0, 0.1) is 24.5 Å². The first kappa shape index (κ1) is 76.4. The van der Waals surface area contributed by atoms with Crippen LogP contribution in [0.2, 0.25) is 0 Å². The number of nitrogens with zero attached hydrogens (tertiary/aromatic N) is 6. The van der Waals surface area contributed by atoms with Gasteiger partial charge in [0.15, 0.2) is 28.9 Å². The molecule has 3 radical (unpaired) electrons. The largest absolute Gasteiger partial charge is 0.494 e. The number of hydrogen-bond donors (Lipinski definition) is 6. The fourth-order valence-corrected chi connectivity index (χ4v) is 8.42. The van der Waals surface area contributed by atoms with Crippen LogP contribution in [0.1, 0.15) is 68.2 Å². The molecule has 8 aromatic rings. The van der Waals surface area contributed by atoms with Gasteiger partial charge in [0.1, 0.15) is 69.0 Å². The minimum absolute atomic E-state index is 0. The van der Waals surface area contributed by atoms with Gasteiger partial charge in [-0.3, -0.25) is 0 Å². The first-order valence-corrected chi connectivity index (χ1v) is 30.6. The van der Waals surface area contributed by atoms with E-state index in [2.05, 4.69) is 31.2 Å². The molecule has 0 atom stereocenters. The smallest absolute Gasteiger partial charge is 0.187 e. The highest BCUT2D eigenvalue weighted by molar-refractivity contribution is 5.98. The van der Waals surface area contributed by atoms with Crippen LogP contribution < -0.4 is 74.0 Å². The van der Waals surface area contributed by atoms with Crippen molar-refractivity contribution in [1.29, 1.82) is 5.26 Å². The summed E-state index contributed by atoms with van der Waals surface area (Å²) in [6.45, 7) is 19.2. The van der Waals surface area contributed by atoms with Crippen molar-refractivity contribution in [2.75, 3.05) is 79.3 Å². The van der Waals surface area contributed by atoms with Gasteiger partial charge in [-0.25, -0.2) is 9.69 Å². The summed E-state index contributed by atoms with van der Waals surface area (Å²) < 4.78 is 70.6. The molecule has 509 valence electrons. The maximum absolute atomic E-state index is 8.93. The van der Waals surface area contributed by atoms with Gasteiger partial charge in [-0.2, -0.15) is 5.26 Å². The van der Waals surface area contributed by atoms with Gasteiger partial charge in [0, 0.05) is 100 Å². The van der Waals surface area contributed by atoms with Crippen LogP contribution in [0.4, 0.5) is 11.4 Å². The zero-order chi connectivity index (χ0) is 67.8. The summed E-state index contributed by atoms with van der Waals surface area (Å²) >= 11 is 0. The van der Waals surface area contributed by atoms with Gasteiger partial charge in [0.2, 0.25) is 0 Å². The van der Waals surface area contributed by atoms with Crippen LogP contribution in [-0.4, -0.2) is 121 Å². The third kappa shape index (κ3) is 27.7. The molecule has 98 heavy (non-hydrogen) atoms. The van der Waals surface area contributed by atoms with Gasteiger partial charge in [-0.1, -0.05) is 47.2 Å². The summed E-state index contributed by atoms with van der Waals surface area (Å²) in [5.41, 5.74) is 20.3. The van der Waals surface area contributed by atoms with Crippen LogP contribution in [0.25, 0.3) is 9.69 Å². The zero-order valence-electron chi connectivity index (χ0n) is 53.3. The van der Waals surface area contributed by atoms with Gasteiger partial charge in [-0.05, 0) is 121 Å². The molecule has 0 amide bonds. The molecule has 0 spiro atoms. The molecule has 8 aromatic carbocycles. The second-order valence-electron chi connectivity index (χ2n) is 20.5. The lowest BCUT2D eigenvalue weighted by molar-refractivity contribution is 0.232. The van der Waals surface area contributed by atoms with Crippen molar-refractivity contribution in [2.45, 2.75) is 46.0 Å². The minimum Gasteiger partial charge on any atom is -0.494 e. The lowest BCUT2D eigenvalue weighted by Crippen LogP contribution is -2.12. The van der Waals surface area contributed by atoms with Gasteiger partial charge in [-0.15, -0.1) is 0 Å². The second-order valence-corrected chi connectivity index (χ2v) is 20.5. The van der Waals surface area contributed by atoms with E-state index >= 15 is 0 Å². The number of amidine groups is 3. The molecule has 0 aliphatic carbocycles. The molecule has 24 nitrogen and oxygen atoms in total. The number of nitriles is 1. The normalized spacial score (nSPS) is 10.8. The van der Waals surface area contributed by atoms with Crippen molar-refractivity contribution in [3.8, 4) is 75.1 Å². The van der Waals surface area contributed by atoms with Crippen molar-refractivity contribution in [3.63, 3.8) is 0 Å². The van der Waals surface area contributed by atoms with Gasteiger partial charge >= 0.3 is 0 Å². The summed E-state index contributed by atoms with van der Waals surface area (Å²) in [5, 5.41) is 44.3. The SMILES string of the molecule is C.NC(=NO)c1ccc(OCCCOc2cc(OCCCOc3ccc(C(N)=NO)cc3)cc(OCCCOc3ccc(C(N)=NO)cc3)c2)cc1.[B].[C-]#[N+]c1ccc(OCCCOc2cc(OCCCOc3ccc(C#N)cc3)cc(OCCCOc3ccc([N+]#[C-])cc3)c2)cc1. The predicted molar refractivity (Wildman–Crippen MR) is 372 cm³/mol. The highest BCUT2D eigenvalue weighted by Gasteiger charge is 2.11. The van der Waals surface area contributed by atoms with Crippen molar-refractivity contribution < 1.29 is 72.5 Å². The molecule has 8 rings (SSSR count). The Labute approximate surface area is 572 Å². The molecule has 25 heteroatoms. The summed E-state index contributed by atoms with van der Waals surface area (Å²) in [4.78, 5) is 6.77. The maximum Gasteiger partial charge on any atom is 0.187 e. The molecule has 0 aliphatic rings. The van der Waals surface area contributed by atoms with E-state index in [4.69, 9.17) is 108 Å². The fourth-order valence-electron chi connectivity index (χ4n) is 8.42. The average molecular weight is 1330 g/mol. The van der Waals surface area contributed by atoms with Crippen molar-refractivity contribution in [1.82, 2.24) is 0 Å². The Bertz CT molecular complexity index is 3430. The molecule has 9 N–H and O–H groups in total. The minimum atomic E-state index is 0. The van der Waals surface area contributed by atoms with E-state index in [1.807, 2.05) is 18.2 Å². The third-order valence-electron chi connectivity index (χ3n) is 13.4. The fraction of sp³-hybridized carbons (Fsp3) is 0.260. The average Bonchev–Trinajstić information content (AvgIpc) is 1.02. The van der Waals surface area contributed by atoms with Crippen LogP contribution in [-0.2, 0) is 0 Å². The molecule has 0 saturated carbocycles. The van der Waals surface area contributed by atoms with E-state index in [0.717, 1.165) is 0 Å². The van der Waals surface area contributed by atoms with Crippen molar-refractivity contribution in [2.24, 2.45) is 32.7 Å². The first-order valence-electron chi connectivity index (χ1n) is 30.6. The Hall–Kier alpha value is -12.3. The molecule has 0 bridgehead atoms. The van der Waals surface area contributed by atoms with E-state index in [-0.39, 0.29) is 33.3 Å². The third-order valence-corrected chi connectivity index (χ3v) is 13.4. The lowest BCUT2D eigenvalue weighted by Gasteiger charge is -2.14. The second kappa shape index (κ2) is 43.6. The summed E-state index contributed by atoms with van der Waals surface area (Å²) in [6.07, 6.45) is 3.80. The van der Waals surface area contributed by atoms with E-state index in [9.17, 15) is 0 Å². The predicted octanol–water partition coefficient (Wildman–Crippen LogP) is 13.0. The molecule has 0 unspecified atom stereocenters. The molecule has 0 aliphatic heterocycles. The standard InChI is InChI=1S/C36H42N6O9.C36H33N3O6.CH4.B/c37-34(40-43)25-4-10-28(11-5-25)46-16-1-19-49-31-22-32(50-20-2-17-47-29-12-6-26(7-13-29)35(38)41-44)24-33(23-31)51-21-3-18-48-30-14-8-27(9-15-30)36(39)42-45;1-38-29-8-14-32(15-9-29)41-19-4-22-44-35-24-34(43-21-3-18-40-31-12-6-28(27-37)7-13-31)25-36(26-35)45-23-5-20-42-33-16-10-30(39-2)11-17-33;;/h4-15,22-24,43-45H,1-3,16-21H2,(H2,37,40)(H2,38,41)(H2,39,42);6-17,24-26H,3-5,18-23H2;1H4;. The molecule has 0 saturated heterocycles. The highest BCUT2D eigenvalue weighted by Crippen LogP contribution is 2.31. The van der Waals surface area contributed by atoms with Crippen LogP contribution >= 0.6 is 0 Å². The summed E-state index contributed by atoms with van der Waals surface area (Å²) in [6, 6.07) is 54.7. The Balaban J connectivity index is 0.000000349. The van der Waals surface area contributed by atoms with Gasteiger partial charge in [0.05, 0.1) is 104 Å². The Morgan fingerprint density at radius 2 is 0.490 bits per heavy atom. The maximum atomic E-state index is 8.93. The number of benzene rings is 8. The van der Waals surface area contributed by atoms with E-state index in [1.165, 1.54) is 0 Å². The summed E-state index contributed by atoms with van der Waals surface area (Å²) in [7, 11) is 0. The van der Waals surface area contributed by atoms with Gasteiger partial charge in [0.25, 0.3) is 0 Å². The number of hydrogen-bond acceptors (Lipinski definition) is 19. The van der Waals surface area contributed by atoms with Crippen LogP contribution in [0.15, 0.2) is 197 Å². The van der Waals surface area contributed by atoms with Crippen LogP contribution in [0.5, 0.6) is 69.0 Å². The van der Waals surface area contributed by atoms with Gasteiger partial charge < -0.3 is 89.7 Å². The van der Waals surface area contributed by atoms with Crippen molar-refractivity contribution >= 4 is 37.3 Å². The highest BCUT2D eigenvalue weighted by atomic mass is 16.5. The number of ether oxygens (including phenoxy) is 12.